The fourth-order valence-electron chi connectivity index (χ4n) is 3.27. The number of hydrogen-bond acceptors (Lipinski definition) is 5. The Morgan fingerprint density at radius 1 is 1.17 bits per heavy atom. The van der Waals surface area contributed by atoms with Gasteiger partial charge in [0, 0.05) is 30.0 Å². The van der Waals surface area contributed by atoms with Crippen LogP contribution in [0, 0.1) is 0 Å². The number of carbonyl (C=O) groups excluding carboxylic acids is 1. The number of aromatic hydroxyl groups is 2. The smallest absolute Gasteiger partial charge is 0.331 e. The molecule has 6 nitrogen and oxygen atoms in total. The first kappa shape index (κ1) is 18.3. The molecule has 6 heteroatoms. The molecule has 1 aliphatic rings. The first-order valence-electron chi connectivity index (χ1n) is 7.89. The molecule has 0 bridgehead atoms. The maximum Gasteiger partial charge on any atom is 0.331 e. The van der Waals surface area contributed by atoms with E-state index in [1.165, 1.54) is 24.3 Å². The standard InChI is InChI=1S/C18H24NO5/c1-17(2)10-13(11-18(3,4)19(17)23)24-16(22)8-6-12-5-7-14(20)15(21)9-12/h5-9,13,20-21H,10-11H2,1-4H3/b8-6+. The molecule has 0 unspecified atom stereocenters. The molecular weight excluding hydrogens is 310 g/mol. The normalized spacial score (nSPS) is 21.0. The van der Waals surface area contributed by atoms with Gasteiger partial charge in [-0.15, -0.1) is 10.3 Å². The summed E-state index contributed by atoms with van der Waals surface area (Å²) in [4.78, 5) is 12.0. The molecule has 1 aliphatic heterocycles. The van der Waals surface area contributed by atoms with Gasteiger partial charge in [0.2, 0.25) is 0 Å². The van der Waals surface area contributed by atoms with Gasteiger partial charge in [0.05, 0.1) is 0 Å². The lowest BCUT2D eigenvalue weighted by atomic mass is 9.80. The van der Waals surface area contributed by atoms with Gasteiger partial charge in [-0.1, -0.05) is 6.07 Å². The summed E-state index contributed by atoms with van der Waals surface area (Å²) in [6, 6.07) is 4.26. The largest absolute Gasteiger partial charge is 0.504 e. The van der Waals surface area contributed by atoms with Crippen LogP contribution in [0.3, 0.4) is 0 Å². The van der Waals surface area contributed by atoms with E-state index in [4.69, 9.17) is 4.74 Å². The number of carbonyl (C=O) groups is 1. The second kappa shape index (κ2) is 6.45. The molecule has 131 valence electrons. The van der Waals surface area contributed by atoms with Crippen molar-refractivity contribution in [2.45, 2.75) is 57.7 Å². The van der Waals surface area contributed by atoms with Crippen LogP contribution in [0.15, 0.2) is 24.3 Å². The van der Waals surface area contributed by atoms with E-state index < -0.39 is 17.0 Å². The molecule has 0 saturated carbocycles. The van der Waals surface area contributed by atoms with Crippen molar-refractivity contribution >= 4 is 12.0 Å². The van der Waals surface area contributed by atoms with Crippen LogP contribution in [0.2, 0.25) is 0 Å². The Bertz CT molecular complexity index is 633. The van der Waals surface area contributed by atoms with Crippen LogP contribution < -0.4 is 0 Å². The minimum Gasteiger partial charge on any atom is -0.504 e. The highest BCUT2D eigenvalue weighted by atomic mass is 16.5. The summed E-state index contributed by atoms with van der Waals surface area (Å²) in [6.07, 6.45) is 3.39. The third-order valence-electron chi connectivity index (χ3n) is 4.25. The average Bonchev–Trinajstić information content (AvgIpc) is 2.45. The predicted molar refractivity (Wildman–Crippen MR) is 88.6 cm³/mol. The van der Waals surface area contributed by atoms with Gasteiger partial charge < -0.3 is 14.9 Å². The van der Waals surface area contributed by atoms with Crippen LogP contribution in [0.5, 0.6) is 11.5 Å². The second-order valence-electron chi connectivity index (χ2n) is 7.47. The third kappa shape index (κ3) is 4.07. The molecular formula is C18H24NO5. The number of hydrogen-bond donors (Lipinski definition) is 2. The van der Waals surface area contributed by atoms with Gasteiger partial charge >= 0.3 is 5.97 Å². The molecule has 1 fully saturated rings. The van der Waals surface area contributed by atoms with E-state index in [1.54, 1.807) is 6.07 Å². The van der Waals surface area contributed by atoms with E-state index in [2.05, 4.69) is 0 Å². The second-order valence-corrected chi connectivity index (χ2v) is 7.47. The monoisotopic (exact) mass is 334 g/mol. The Hall–Kier alpha value is -2.05. The molecule has 2 rings (SSSR count). The number of ether oxygens (including phenoxy) is 1. The Balaban J connectivity index is 2.01. The number of benzene rings is 1. The van der Waals surface area contributed by atoms with E-state index in [0.29, 0.717) is 18.4 Å². The number of rotatable bonds is 3. The highest BCUT2D eigenvalue weighted by Gasteiger charge is 2.47. The van der Waals surface area contributed by atoms with Crippen molar-refractivity contribution in [3.8, 4) is 11.5 Å². The minimum absolute atomic E-state index is 0.219. The lowest BCUT2D eigenvalue weighted by Gasteiger charge is -2.49. The lowest BCUT2D eigenvalue weighted by Crippen LogP contribution is -2.60. The van der Waals surface area contributed by atoms with Crippen molar-refractivity contribution in [3.63, 3.8) is 0 Å². The number of nitrogens with zero attached hydrogens (tertiary/aromatic N) is 1. The summed E-state index contributed by atoms with van der Waals surface area (Å²) in [5, 5.41) is 32.1. The van der Waals surface area contributed by atoms with Gasteiger partial charge in [-0.25, -0.2) is 4.79 Å². The number of hydroxylamine groups is 2. The molecule has 2 N–H and O–H groups in total. The number of esters is 1. The molecule has 1 saturated heterocycles. The van der Waals surface area contributed by atoms with Gasteiger partial charge in [0.15, 0.2) is 11.5 Å². The Morgan fingerprint density at radius 2 is 1.75 bits per heavy atom. The van der Waals surface area contributed by atoms with Crippen LogP contribution in [0.25, 0.3) is 6.08 Å². The van der Waals surface area contributed by atoms with Crippen molar-refractivity contribution in [1.29, 1.82) is 0 Å². The van der Waals surface area contributed by atoms with Crippen LogP contribution in [0.1, 0.15) is 46.1 Å². The van der Waals surface area contributed by atoms with Crippen molar-refractivity contribution in [3.05, 3.63) is 29.8 Å². The average molecular weight is 334 g/mol. The Labute approximate surface area is 141 Å². The Kier molecular flexibility index (Phi) is 4.92. The zero-order valence-electron chi connectivity index (χ0n) is 14.4. The van der Waals surface area contributed by atoms with Crippen LogP contribution in [-0.4, -0.2) is 38.4 Å². The quantitative estimate of drug-likeness (QED) is 0.504. The fourth-order valence-corrected chi connectivity index (χ4v) is 3.27. The van der Waals surface area contributed by atoms with E-state index in [0.717, 1.165) is 5.06 Å². The zero-order valence-corrected chi connectivity index (χ0v) is 14.4. The van der Waals surface area contributed by atoms with E-state index in [9.17, 15) is 20.2 Å². The van der Waals surface area contributed by atoms with Gasteiger partial charge in [-0.3, -0.25) is 0 Å². The molecule has 0 aromatic heterocycles. The lowest BCUT2D eigenvalue weighted by molar-refractivity contribution is -0.299. The van der Waals surface area contributed by atoms with Crippen molar-refractivity contribution in [2.24, 2.45) is 0 Å². The molecule has 24 heavy (non-hydrogen) atoms. The summed E-state index contributed by atoms with van der Waals surface area (Å²) >= 11 is 0. The molecule has 1 heterocycles. The van der Waals surface area contributed by atoms with Crippen molar-refractivity contribution in [2.75, 3.05) is 0 Å². The maximum absolute atomic E-state index is 12.3. The first-order valence-corrected chi connectivity index (χ1v) is 7.89. The minimum atomic E-state index is -0.598. The zero-order chi connectivity index (χ0) is 18.1. The van der Waals surface area contributed by atoms with Gasteiger partial charge in [-0.05, 0) is 51.5 Å². The number of phenols is 2. The molecule has 0 atom stereocenters. The summed E-state index contributed by atoms with van der Waals surface area (Å²) in [6.45, 7) is 7.38. The summed E-state index contributed by atoms with van der Waals surface area (Å²) < 4.78 is 5.48. The fraction of sp³-hybridized carbons (Fsp3) is 0.500. The van der Waals surface area contributed by atoms with Crippen LogP contribution in [-0.2, 0) is 14.7 Å². The van der Waals surface area contributed by atoms with E-state index in [-0.39, 0.29) is 17.6 Å². The van der Waals surface area contributed by atoms with Crippen molar-refractivity contribution in [1.82, 2.24) is 5.06 Å². The first-order chi connectivity index (χ1) is 11.0. The topological polar surface area (TPSA) is 89.9 Å². The molecule has 1 radical (unpaired) electrons. The van der Waals surface area contributed by atoms with Gasteiger partial charge in [0.1, 0.15) is 6.10 Å². The number of phenolic OH excluding ortho intramolecular Hbond substituents is 2. The highest BCUT2D eigenvalue weighted by Crippen LogP contribution is 2.38. The van der Waals surface area contributed by atoms with Gasteiger partial charge in [-0.2, -0.15) is 0 Å². The van der Waals surface area contributed by atoms with Crippen molar-refractivity contribution < 1.29 is 25.0 Å². The van der Waals surface area contributed by atoms with E-state index in [1.807, 2.05) is 27.7 Å². The maximum atomic E-state index is 12.3. The SMILES string of the molecule is CC1(C)CC(OC(=O)/C=C/c2ccc(O)c(O)c2)CC(C)(C)N1[O]. The third-order valence-corrected chi connectivity index (χ3v) is 4.25. The molecule has 0 amide bonds. The predicted octanol–water partition coefficient (Wildman–Crippen LogP) is 3.02. The van der Waals surface area contributed by atoms with Crippen LogP contribution >= 0.6 is 0 Å². The van der Waals surface area contributed by atoms with Crippen LogP contribution in [0.4, 0.5) is 0 Å². The van der Waals surface area contributed by atoms with E-state index >= 15 is 0 Å². The highest BCUT2D eigenvalue weighted by molar-refractivity contribution is 5.87. The molecule has 1 aromatic rings. The Morgan fingerprint density at radius 3 is 2.29 bits per heavy atom. The number of piperidine rings is 1. The molecule has 0 spiro atoms. The summed E-state index contributed by atoms with van der Waals surface area (Å²) in [7, 11) is 0. The molecule has 1 aromatic carbocycles. The summed E-state index contributed by atoms with van der Waals surface area (Å²) in [5.74, 6) is -0.973. The van der Waals surface area contributed by atoms with Gasteiger partial charge in [0.25, 0.3) is 0 Å². The molecule has 0 aliphatic carbocycles. The summed E-state index contributed by atoms with van der Waals surface area (Å²) in [5.41, 5.74) is -0.629.